The number of hydrogen-bond donors (Lipinski definition) is 7. The van der Waals surface area contributed by atoms with Gasteiger partial charge in [0.05, 0.1) is 46.2 Å². The van der Waals surface area contributed by atoms with Crippen LogP contribution in [0.15, 0.2) is 0 Å². The van der Waals surface area contributed by atoms with Crippen LogP contribution in [0.25, 0.3) is 0 Å². The van der Waals surface area contributed by atoms with Gasteiger partial charge in [0.1, 0.15) is 171 Å². The van der Waals surface area contributed by atoms with Crippen LogP contribution in [0.2, 0.25) is 18.1 Å². The van der Waals surface area contributed by atoms with Crippen molar-refractivity contribution in [3.8, 4) is 0 Å². The van der Waals surface area contributed by atoms with Gasteiger partial charge in [-0.25, -0.2) is 0 Å². The molecule has 568 valence electrons. The Morgan fingerprint density at radius 1 is 0.227 bits per heavy atom. The van der Waals surface area contributed by atoms with Crippen LogP contribution >= 0.6 is 0 Å². The lowest BCUT2D eigenvalue weighted by Crippen LogP contribution is -2.70. The van der Waals surface area contributed by atoms with Crippen molar-refractivity contribution in [3.05, 3.63) is 0 Å². The highest BCUT2D eigenvalue weighted by Crippen LogP contribution is 2.45. The molecule has 0 radical (unpaired) electrons. The maximum Gasteiger partial charge on any atom is 0.192 e. The third-order valence-corrected chi connectivity index (χ3v) is 24.7. The maximum atomic E-state index is 11.4. The van der Waals surface area contributed by atoms with Gasteiger partial charge in [-0.2, -0.15) is 0 Å². The SMILES string of the molecule is CO[C@@H]1[C@@H](OC)[C@H]2O[C@H]3[C@H](OC)[C@@H](OC)[C@@H](O[C@H]4[C@H](OC)[C@@H](OC)[C@@H](O[C@H]5[C@H](OC)[C@@H](OC)[C@@H](O[C@H]6[C@H](OC)[C@@H](O[Si](C)(C)C(C)(C)C)[C@@H](O[C@H]7[C@H](OC)[C@@H](OC)[C@@H](O[C@H]8[C@H](OC)[C@@H](OC)[C@@H](O[C@@H]1[C@@H](CO)O2)O[C@@H]8CO)O[C@@H]7CO)O[C@@H]6CO)O[C@@H]5CO)O[C@@H]4CO)O[C@@H]3CO. The van der Waals surface area contributed by atoms with Crippen molar-refractivity contribution in [2.45, 2.75) is 254 Å². The van der Waals surface area contributed by atoms with E-state index in [9.17, 15) is 35.7 Å². The minimum absolute atomic E-state index is 0.428. The smallest absolute Gasteiger partial charge is 0.192 e. The molecule has 21 rings (SSSR count). The summed E-state index contributed by atoms with van der Waals surface area (Å²) in [4.78, 5) is 0. The van der Waals surface area contributed by atoms with Crippen LogP contribution in [0, 0.1) is 0 Å². The molecular formula is C61H110O35Si. The number of aliphatic hydroxyl groups excluding tert-OH is 7. The summed E-state index contributed by atoms with van der Waals surface area (Å²) in [6, 6.07) is 0. The Kier molecular flexibility index (Phi) is 30.8. The molecule has 35 nitrogen and oxygen atoms in total. The van der Waals surface area contributed by atoms with E-state index in [1.807, 2.05) is 33.9 Å². The Labute approximate surface area is 567 Å². The van der Waals surface area contributed by atoms with E-state index in [1.54, 1.807) is 0 Å². The quantitative estimate of drug-likeness (QED) is 0.0513. The summed E-state index contributed by atoms with van der Waals surface area (Å²) in [6.45, 7) is 5.27. The minimum Gasteiger partial charge on any atom is -0.406 e. The molecule has 21 aliphatic rings. The topological polar surface area (TPSA) is 400 Å². The Bertz CT molecular complexity index is 2280. The van der Waals surface area contributed by atoms with Gasteiger partial charge in [-0.3, -0.25) is 0 Å². The minimum atomic E-state index is -2.90. The fourth-order valence-corrected chi connectivity index (χ4v) is 15.5. The molecule has 0 unspecified atom stereocenters. The molecule has 35 atom stereocenters. The second kappa shape index (κ2) is 36.7. The molecule has 21 aliphatic heterocycles. The Balaban J connectivity index is 1.23. The first-order valence-electron chi connectivity index (χ1n) is 32.6. The van der Waals surface area contributed by atoms with Crippen molar-refractivity contribution in [1.82, 2.24) is 0 Å². The van der Waals surface area contributed by atoms with Crippen molar-refractivity contribution in [2.24, 2.45) is 0 Å². The third-order valence-electron chi connectivity index (χ3n) is 20.2. The zero-order valence-electron chi connectivity index (χ0n) is 58.7. The summed E-state index contributed by atoms with van der Waals surface area (Å²) < 4.78 is 180. The molecule has 0 aromatic carbocycles. The number of rotatable bonds is 22. The molecule has 0 aromatic rings. The summed E-state index contributed by atoms with van der Waals surface area (Å²) in [5, 5.41) is 78.2. The summed E-state index contributed by atoms with van der Waals surface area (Å²) >= 11 is 0. The van der Waals surface area contributed by atoms with Gasteiger partial charge in [-0.15, -0.1) is 0 Å². The zero-order valence-corrected chi connectivity index (χ0v) is 59.7. The number of ether oxygens (including phenoxy) is 27. The van der Waals surface area contributed by atoms with E-state index in [1.165, 1.54) is 92.4 Å². The lowest BCUT2D eigenvalue weighted by molar-refractivity contribution is -0.402. The first-order chi connectivity index (χ1) is 46.6. The van der Waals surface area contributed by atoms with Gasteiger partial charge in [0.2, 0.25) is 0 Å². The lowest BCUT2D eigenvalue weighted by atomic mass is 9.94. The largest absolute Gasteiger partial charge is 0.406 e. The summed E-state index contributed by atoms with van der Waals surface area (Å²) in [6.07, 6.45) is -43.9. The second-order valence-corrected chi connectivity index (χ2v) is 31.0. The maximum absolute atomic E-state index is 11.4. The Morgan fingerprint density at radius 2 is 0.361 bits per heavy atom. The van der Waals surface area contributed by atoms with Gasteiger partial charge in [-0.05, 0) is 18.1 Å². The van der Waals surface area contributed by atoms with Crippen LogP contribution in [0.1, 0.15) is 20.8 Å². The molecule has 7 N–H and O–H groups in total. The highest BCUT2D eigenvalue weighted by molar-refractivity contribution is 6.74. The van der Waals surface area contributed by atoms with Crippen molar-refractivity contribution >= 4 is 8.32 Å². The lowest BCUT2D eigenvalue weighted by Gasteiger charge is -2.53. The van der Waals surface area contributed by atoms with Crippen LogP contribution in [0.5, 0.6) is 0 Å². The van der Waals surface area contributed by atoms with E-state index in [0.717, 1.165) is 0 Å². The van der Waals surface area contributed by atoms with Gasteiger partial charge < -0.3 is 168 Å². The van der Waals surface area contributed by atoms with Crippen molar-refractivity contribution in [1.29, 1.82) is 0 Å². The molecule has 0 aliphatic carbocycles. The molecule has 14 bridgehead atoms. The highest BCUT2D eigenvalue weighted by Gasteiger charge is 2.62. The monoisotopic (exact) mass is 1430 g/mol. The summed E-state index contributed by atoms with van der Waals surface area (Å²) in [5.74, 6) is 0. The third kappa shape index (κ3) is 16.8. The average molecular weight is 1430 g/mol. The second-order valence-electron chi connectivity index (χ2n) is 26.2. The first-order valence-corrected chi connectivity index (χ1v) is 35.5. The molecule has 0 amide bonds. The van der Waals surface area contributed by atoms with E-state index in [2.05, 4.69) is 0 Å². The van der Waals surface area contributed by atoms with Crippen LogP contribution in [0.4, 0.5) is 0 Å². The van der Waals surface area contributed by atoms with Crippen LogP contribution in [-0.4, -0.2) is 398 Å². The van der Waals surface area contributed by atoms with Crippen molar-refractivity contribution in [3.63, 3.8) is 0 Å². The fraction of sp³-hybridized carbons (Fsp3) is 1.00. The van der Waals surface area contributed by atoms with Crippen LogP contribution in [0.3, 0.4) is 0 Å². The standard InChI is InChI=1S/C61H110O35Si/c1-61(2,3)97(17,18)96-53-46(75-10)39-32(25-68)88-60(53)95-38-31(24-67)87-58(52(81-16)45(38)74-9)93-36-29(22-65)85-56(50(79-14)43(36)72-7)91-34-27(20-63)83-54(48(77-12)41(34)70-5)89-33-26(19-62)82-55(47(76-11)40(33)69-4)90-35-28(21-64)84-57(49(78-13)42(35)71-6)92-37-30(23-66)86-59(94-39)51(80-15)44(37)73-8/h26-60,62-68H,19-25H2,1-18H3/t26-,27-,28-,29-,30-,31-,32-,33-,34-,35-,36-,37-,38-,39-,40+,41+,42+,43+,44+,45+,46+,47-,48-,49-,50-,51-,52-,53-,54-,55-,56-,57-,58-,59-,60-/m1/s1. The van der Waals surface area contributed by atoms with Gasteiger partial charge in [0, 0.05) is 92.4 Å². The summed E-state index contributed by atoms with van der Waals surface area (Å²) in [5.41, 5.74) is 0. The normalized spacial score (nSPS) is 46.8. The number of aliphatic hydroxyl groups is 7. The fourth-order valence-electron chi connectivity index (χ4n) is 14.2. The Morgan fingerprint density at radius 3 is 0.485 bits per heavy atom. The first kappa shape index (κ1) is 81.5. The summed E-state index contributed by atoms with van der Waals surface area (Å²) in [7, 11) is 15.1. The molecule has 97 heavy (non-hydrogen) atoms. The van der Waals surface area contributed by atoms with Gasteiger partial charge in [0.15, 0.2) is 52.3 Å². The molecular weight excluding hydrogens is 1320 g/mol. The molecule has 0 aromatic heterocycles. The average Bonchev–Trinajstić information content (AvgIpc) is 0.772. The van der Waals surface area contributed by atoms with Gasteiger partial charge in [0.25, 0.3) is 0 Å². The predicted octanol–water partition coefficient (Wildman–Crippen LogP) is -3.70. The molecule has 21 saturated heterocycles. The van der Waals surface area contributed by atoms with E-state index >= 15 is 0 Å². The molecule has 21 heterocycles. The van der Waals surface area contributed by atoms with E-state index in [4.69, 9.17) is 132 Å². The molecule has 36 heteroatoms. The van der Waals surface area contributed by atoms with Crippen LogP contribution in [-0.2, 0) is 132 Å². The van der Waals surface area contributed by atoms with E-state index < -0.39 is 275 Å². The van der Waals surface area contributed by atoms with Crippen molar-refractivity contribution in [2.75, 3.05) is 139 Å². The molecule has 0 saturated carbocycles. The van der Waals surface area contributed by atoms with Crippen molar-refractivity contribution < 1.29 is 168 Å². The van der Waals surface area contributed by atoms with Gasteiger partial charge in [-0.1, -0.05) is 20.8 Å². The van der Waals surface area contributed by atoms with E-state index in [0.29, 0.717) is 0 Å². The highest BCUT2D eigenvalue weighted by atomic mass is 28.4. The van der Waals surface area contributed by atoms with Gasteiger partial charge >= 0.3 is 0 Å². The Hall–Kier alpha value is -1.18. The van der Waals surface area contributed by atoms with E-state index in [-0.39, 0.29) is 0 Å². The van der Waals surface area contributed by atoms with Crippen LogP contribution < -0.4 is 0 Å². The number of methoxy groups -OCH3 is 13. The number of hydrogen-bond acceptors (Lipinski definition) is 35. The molecule has 0 spiro atoms. The zero-order chi connectivity index (χ0) is 71.0. The molecule has 21 fully saturated rings. The predicted molar refractivity (Wildman–Crippen MR) is 327 cm³/mol.